The fourth-order valence-corrected chi connectivity index (χ4v) is 2.47. The third-order valence-electron chi connectivity index (χ3n) is 3.11. The van der Waals surface area contributed by atoms with E-state index in [1.54, 1.807) is 0 Å². The van der Waals surface area contributed by atoms with Gasteiger partial charge in [0.05, 0.1) is 5.92 Å². The van der Waals surface area contributed by atoms with Crippen LogP contribution in [-0.2, 0) is 11.2 Å². The van der Waals surface area contributed by atoms with E-state index in [9.17, 15) is 4.79 Å². The Morgan fingerprint density at radius 1 is 1.42 bits per heavy atom. The van der Waals surface area contributed by atoms with Gasteiger partial charge in [-0.15, -0.1) is 12.4 Å². The highest BCUT2D eigenvalue weighted by Gasteiger charge is 2.25. The van der Waals surface area contributed by atoms with E-state index < -0.39 is 0 Å². The number of benzene rings is 1. The molecular formula is C13H17Cl3N2O. The van der Waals surface area contributed by atoms with E-state index >= 15 is 0 Å². The summed E-state index contributed by atoms with van der Waals surface area (Å²) in [6.07, 6.45) is 0.643. The van der Waals surface area contributed by atoms with Crippen LogP contribution < -0.4 is 10.6 Å². The Balaban J connectivity index is 0.00000180. The zero-order chi connectivity index (χ0) is 13.1. The molecule has 0 saturated carbocycles. The molecule has 1 saturated heterocycles. The van der Waals surface area contributed by atoms with Gasteiger partial charge in [-0.05, 0) is 31.0 Å². The lowest BCUT2D eigenvalue weighted by Crippen LogP contribution is -2.52. The Labute approximate surface area is 129 Å². The summed E-state index contributed by atoms with van der Waals surface area (Å²) in [5, 5.41) is 7.36. The molecule has 2 N–H and O–H groups in total. The van der Waals surface area contributed by atoms with Crippen LogP contribution in [-0.4, -0.2) is 25.0 Å². The number of rotatable bonds is 4. The summed E-state index contributed by atoms with van der Waals surface area (Å²) in [7, 11) is 0. The zero-order valence-corrected chi connectivity index (χ0v) is 12.9. The fourth-order valence-electron chi connectivity index (χ4n) is 1.92. The van der Waals surface area contributed by atoms with Gasteiger partial charge in [-0.25, -0.2) is 0 Å². The van der Waals surface area contributed by atoms with Crippen LogP contribution in [0, 0.1) is 5.92 Å². The first kappa shape index (κ1) is 16.6. The second-order valence-electron chi connectivity index (χ2n) is 4.67. The summed E-state index contributed by atoms with van der Waals surface area (Å²) in [6, 6.07) is 5.47. The van der Waals surface area contributed by atoms with Crippen LogP contribution in [0.2, 0.25) is 10.0 Å². The van der Waals surface area contributed by atoms with Crippen molar-refractivity contribution in [3.05, 3.63) is 33.8 Å². The van der Waals surface area contributed by atoms with Crippen molar-refractivity contribution in [1.82, 2.24) is 10.6 Å². The van der Waals surface area contributed by atoms with Gasteiger partial charge in [0.25, 0.3) is 0 Å². The van der Waals surface area contributed by atoms with E-state index in [0.29, 0.717) is 16.5 Å². The Kier molecular flexibility index (Phi) is 6.40. The van der Waals surface area contributed by atoms with E-state index in [-0.39, 0.29) is 30.3 Å². The third kappa shape index (κ3) is 4.25. The van der Waals surface area contributed by atoms with E-state index in [1.165, 1.54) is 0 Å². The molecule has 1 atom stereocenters. The summed E-state index contributed by atoms with van der Waals surface area (Å²) in [5.41, 5.74) is 0.889. The molecule has 1 unspecified atom stereocenters. The first-order chi connectivity index (χ1) is 8.58. The Morgan fingerprint density at radius 2 is 2.00 bits per heavy atom. The van der Waals surface area contributed by atoms with Crippen LogP contribution in [0.4, 0.5) is 0 Å². The lowest BCUT2D eigenvalue weighted by molar-refractivity contribution is -0.127. The van der Waals surface area contributed by atoms with E-state index in [1.807, 2.05) is 25.1 Å². The lowest BCUT2D eigenvalue weighted by Gasteiger charge is -2.27. The van der Waals surface area contributed by atoms with Gasteiger partial charge in [-0.1, -0.05) is 29.3 Å². The molecule has 6 heteroatoms. The van der Waals surface area contributed by atoms with Gasteiger partial charge in [0.15, 0.2) is 0 Å². The maximum Gasteiger partial charge on any atom is 0.225 e. The number of halogens is 3. The maximum atomic E-state index is 11.8. The summed E-state index contributed by atoms with van der Waals surface area (Å²) < 4.78 is 0. The molecular weight excluding hydrogens is 307 g/mol. The Bertz CT molecular complexity index is 429. The molecule has 0 aromatic heterocycles. The minimum atomic E-state index is 0. The highest BCUT2D eigenvalue weighted by atomic mass is 35.5. The van der Waals surface area contributed by atoms with Gasteiger partial charge in [0.2, 0.25) is 5.91 Å². The average molecular weight is 324 g/mol. The van der Waals surface area contributed by atoms with Crippen molar-refractivity contribution in [2.24, 2.45) is 5.92 Å². The highest BCUT2D eigenvalue weighted by molar-refractivity contribution is 6.36. The number of hydrogen-bond acceptors (Lipinski definition) is 2. The Hall–Kier alpha value is -0.480. The van der Waals surface area contributed by atoms with Crippen LogP contribution >= 0.6 is 35.6 Å². The summed E-state index contributed by atoms with van der Waals surface area (Å²) in [4.78, 5) is 11.8. The zero-order valence-electron chi connectivity index (χ0n) is 10.6. The second-order valence-corrected chi connectivity index (χ2v) is 5.48. The first-order valence-electron chi connectivity index (χ1n) is 6.02. The quantitative estimate of drug-likeness (QED) is 0.894. The van der Waals surface area contributed by atoms with Crippen LogP contribution in [0.25, 0.3) is 0 Å². The van der Waals surface area contributed by atoms with Gasteiger partial charge in [0.1, 0.15) is 0 Å². The smallest absolute Gasteiger partial charge is 0.225 e. The molecule has 1 aliphatic rings. The molecule has 3 nitrogen and oxygen atoms in total. The van der Waals surface area contributed by atoms with Crippen molar-refractivity contribution in [3.8, 4) is 0 Å². The largest absolute Gasteiger partial charge is 0.353 e. The molecule has 1 fully saturated rings. The third-order valence-corrected chi connectivity index (χ3v) is 3.82. The molecule has 0 radical (unpaired) electrons. The van der Waals surface area contributed by atoms with Crippen molar-refractivity contribution < 1.29 is 4.79 Å². The molecule has 0 bridgehead atoms. The molecule has 2 rings (SSSR count). The lowest BCUT2D eigenvalue weighted by atomic mass is 10.0. The number of nitrogens with one attached hydrogen (secondary N) is 2. The monoisotopic (exact) mass is 322 g/mol. The van der Waals surface area contributed by atoms with Gasteiger partial charge in [0, 0.05) is 29.2 Å². The predicted octanol–water partition coefficient (Wildman–Crippen LogP) is 2.68. The van der Waals surface area contributed by atoms with Crippen molar-refractivity contribution in [1.29, 1.82) is 0 Å². The van der Waals surface area contributed by atoms with Crippen LogP contribution in [0.3, 0.4) is 0 Å². The van der Waals surface area contributed by atoms with Gasteiger partial charge < -0.3 is 10.6 Å². The molecule has 0 spiro atoms. The number of hydrogen-bond donors (Lipinski definition) is 2. The maximum absolute atomic E-state index is 11.8. The van der Waals surface area contributed by atoms with Crippen LogP contribution in [0.5, 0.6) is 0 Å². The molecule has 106 valence electrons. The summed E-state index contributed by atoms with van der Waals surface area (Å²) in [6.45, 7) is 3.50. The standard InChI is InChI=1S/C13H16Cl2N2O.ClH/c1-8(17-13(18)9-6-16-7-9)5-10-11(14)3-2-4-12(10)15;/h2-4,8-9,16H,5-7H2,1H3,(H,17,18);1H. The Morgan fingerprint density at radius 3 is 2.47 bits per heavy atom. The van der Waals surface area contributed by atoms with Crippen molar-refractivity contribution in [3.63, 3.8) is 0 Å². The van der Waals surface area contributed by atoms with Gasteiger partial charge in [-0.3, -0.25) is 4.79 Å². The molecule has 0 aliphatic carbocycles. The minimum absolute atomic E-state index is 0. The molecule has 1 amide bonds. The predicted molar refractivity (Wildman–Crippen MR) is 81.4 cm³/mol. The SMILES string of the molecule is CC(Cc1c(Cl)cccc1Cl)NC(=O)C1CNC1.Cl. The summed E-state index contributed by atoms with van der Waals surface area (Å²) in [5.74, 6) is 0.207. The van der Waals surface area contributed by atoms with Crippen molar-refractivity contribution in [2.75, 3.05) is 13.1 Å². The van der Waals surface area contributed by atoms with E-state index in [0.717, 1.165) is 18.7 Å². The van der Waals surface area contributed by atoms with Crippen molar-refractivity contribution >= 4 is 41.5 Å². The van der Waals surface area contributed by atoms with E-state index in [2.05, 4.69) is 10.6 Å². The average Bonchev–Trinajstić information content (AvgIpc) is 2.21. The van der Waals surface area contributed by atoms with Crippen molar-refractivity contribution in [2.45, 2.75) is 19.4 Å². The topological polar surface area (TPSA) is 41.1 Å². The van der Waals surface area contributed by atoms with Crippen LogP contribution in [0.15, 0.2) is 18.2 Å². The molecule has 19 heavy (non-hydrogen) atoms. The normalized spacial score (nSPS) is 16.2. The number of carbonyl (C=O) groups excluding carboxylic acids is 1. The number of amides is 1. The molecule has 1 aromatic carbocycles. The highest BCUT2D eigenvalue weighted by Crippen LogP contribution is 2.25. The molecule has 1 aromatic rings. The minimum Gasteiger partial charge on any atom is -0.353 e. The van der Waals surface area contributed by atoms with Gasteiger partial charge in [-0.2, -0.15) is 0 Å². The molecule has 1 aliphatic heterocycles. The fraction of sp³-hybridized carbons (Fsp3) is 0.462. The summed E-state index contributed by atoms with van der Waals surface area (Å²) >= 11 is 12.2. The van der Waals surface area contributed by atoms with Gasteiger partial charge >= 0.3 is 0 Å². The second kappa shape index (κ2) is 7.34. The first-order valence-corrected chi connectivity index (χ1v) is 6.77. The number of carbonyl (C=O) groups is 1. The van der Waals surface area contributed by atoms with E-state index in [4.69, 9.17) is 23.2 Å². The molecule has 1 heterocycles. The van der Waals surface area contributed by atoms with Crippen LogP contribution in [0.1, 0.15) is 12.5 Å².